The van der Waals surface area contributed by atoms with E-state index in [0.717, 1.165) is 54.3 Å². The fourth-order valence-electron chi connectivity index (χ4n) is 9.68. The van der Waals surface area contributed by atoms with Crippen molar-refractivity contribution < 1.29 is 9.47 Å². The van der Waals surface area contributed by atoms with Crippen LogP contribution in [0.5, 0.6) is 0 Å². The minimum Gasteiger partial charge on any atom is -0.353 e. The van der Waals surface area contributed by atoms with Crippen molar-refractivity contribution in [1.82, 2.24) is 0 Å². The van der Waals surface area contributed by atoms with E-state index in [4.69, 9.17) is 9.47 Å². The standard InChI is InChI=1S/C29H52O2/c1-20(2)9-8-10-21(3)24-13-14-25-23-12-11-22-19-29(30-6,31-7)18-17-27(22,4)26(23)15-16-28(24,25)5/h20-26H,8-19H2,1-7H3/t21-,22+,23-,24+,25-,26-,27+,28-/m1/s1. The van der Waals surface area contributed by atoms with Gasteiger partial charge in [-0.3, -0.25) is 0 Å². The van der Waals surface area contributed by atoms with Gasteiger partial charge in [0.15, 0.2) is 5.79 Å². The van der Waals surface area contributed by atoms with Gasteiger partial charge in [-0.1, -0.05) is 53.9 Å². The number of ether oxygens (including phenoxy) is 2. The summed E-state index contributed by atoms with van der Waals surface area (Å²) in [6.45, 7) is 12.7. The Balaban J connectivity index is 1.46. The van der Waals surface area contributed by atoms with Gasteiger partial charge in [0.05, 0.1) is 0 Å². The number of methoxy groups -OCH3 is 2. The molecule has 0 aromatic rings. The van der Waals surface area contributed by atoms with Gasteiger partial charge in [0.2, 0.25) is 0 Å². The van der Waals surface area contributed by atoms with E-state index in [1.54, 1.807) is 0 Å². The lowest BCUT2D eigenvalue weighted by Crippen LogP contribution is -2.56. The van der Waals surface area contributed by atoms with Crippen molar-refractivity contribution in [3.8, 4) is 0 Å². The van der Waals surface area contributed by atoms with E-state index in [1.165, 1.54) is 64.2 Å². The SMILES string of the molecule is COC1(OC)CC[C@@]2(C)[C@@H](CC[C@H]3[C@H]2CC[C@@]2(C)[C@@H]3CC[C@H]2[C@H](C)CCCC(C)C)C1. The zero-order valence-electron chi connectivity index (χ0n) is 21.8. The fraction of sp³-hybridized carbons (Fsp3) is 1.00. The zero-order valence-corrected chi connectivity index (χ0v) is 21.8. The predicted octanol–water partition coefficient (Wildman–Crippen LogP) is 8.10. The van der Waals surface area contributed by atoms with Crippen molar-refractivity contribution >= 4 is 0 Å². The summed E-state index contributed by atoms with van der Waals surface area (Å²) in [5.74, 6) is 6.10. The maximum Gasteiger partial charge on any atom is 0.167 e. The molecule has 0 radical (unpaired) electrons. The number of rotatable bonds is 7. The van der Waals surface area contributed by atoms with Crippen LogP contribution in [0.2, 0.25) is 0 Å². The lowest BCUT2D eigenvalue weighted by atomic mass is 9.44. The van der Waals surface area contributed by atoms with Gasteiger partial charge in [-0.2, -0.15) is 0 Å². The second kappa shape index (κ2) is 8.94. The first-order valence-electron chi connectivity index (χ1n) is 13.8. The largest absolute Gasteiger partial charge is 0.353 e. The lowest BCUT2D eigenvalue weighted by molar-refractivity contribution is -0.261. The molecule has 4 aliphatic carbocycles. The Bertz CT molecular complexity index is 610. The lowest BCUT2D eigenvalue weighted by Gasteiger charge is -2.62. The molecule has 0 amide bonds. The third-order valence-electron chi connectivity index (χ3n) is 11.6. The Labute approximate surface area is 193 Å². The van der Waals surface area contributed by atoms with Crippen LogP contribution < -0.4 is 0 Å². The van der Waals surface area contributed by atoms with Crippen LogP contribution in [0.3, 0.4) is 0 Å². The Hall–Kier alpha value is -0.0800. The summed E-state index contributed by atoms with van der Waals surface area (Å²) >= 11 is 0. The van der Waals surface area contributed by atoms with Crippen molar-refractivity contribution in [2.75, 3.05) is 14.2 Å². The van der Waals surface area contributed by atoms with Gasteiger partial charge in [-0.15, -0.1) is 0 Å². The van der Waals surface area contributed by atoms with Gasteiger partial charge in [0.1, 0.15) is 0 Å². The molecule has 4 fully saturated rings. The molecule has 2 heteroatoms. The molecule has 180 valence electrons. The van der Waals surface area contributed by atoms with E-state index in [0.29, 0.717) is 10.8 Å². The molecule has 0 heterocycles. The molecule has 31 heavy (non-hydrogen) atoms. The van der Waals surface area contributed by atoms with Gasteiger partial charge < -0.3 is 9.47 Å². The first-order valence-corrected chi connectivity index (χ1v) is 13.8. The first-order chi connectivity index (χ1) is 14.7. The van der Waals surface area contributed by atoms with Crippen LogP contribution in [-0.2, 0) is 9.47 Å². The molecule has 0 saturated heterocycles. The maximum absolute atomic E-state index is 5.91. The van der Waals surface area contributed by atoms with Gasteiger partial charge in [0.25, 0.3) is 0 Å². The van der Waals surface area contributed by atoms with Crippen LogP contribution in [0.4, 0.5) is 0 Å². The van der Waals surface area contributed by atoms with Crippen molar-refractivity contribution in [1.29, 1.82) is 0 Å². The van der Waals surface area contributed by atoms with Gasteiger partial charge in [-0.25, -0.2) is 0 Å². The van der Waals surface area contributed by atoms with Crippen LogP contribution in [0, 0.1) is 52.3 Å². The molecule has 4 aliphatic rings. The van der Waals surface area contributed by atoms with Gasteiger partial charge in [-0.05, 0) is 97.2 Å². The van der Waals surface area contributed by atoms with Crippen molar-refractivity contribution in [3.63, 3.8) is 0 Å². The van der Waals surface area contributed by atoms with E-state index in [1.807, 2.05) is 14.2 Å². The number of hydrogen-bond donors (Lipinski definition) is 0. The quantitative estimate of drug-likeness (QED) is 0.378. The molecule has 0 N–H and O–H groups in total. The average Bonchev–Trinajstić information content (AvgIpc) is 3.10. The summed E-state index contributed by atoms with van der Waals surface area (Å²) in [6, 6.07) is 0. The summed E-state index contributed by atoms with van der Waals surface area (Å²) in [5, 5.41) is 0. The summed E-state index contributed by atoms with van der Waals surface area (Å²) in [5.41, 5.74) is 1.12. The highest BCUT2D eigenvalue weighted by atomic mass is 16.7. The summed E-state index contributed by atoms with van der Waals surface area (Å²) in [7, 11) is 3.70. The molecule has 0 aliphatic heterocycles. The summed E-state index contributed by atoms with van der Waals surface area (Å²) in [4.78, 5) is 0. The molecule has 0 aromatic heterocycles. The summed E-state index contributed by atoms with van der Waals surface area (Å²) < 4.78 is 11.8. The second-order valence-electron chi connectivity index (χ2n) is 13.2. The second-order valence-corrected chi connectivity index (χ2v) is 13.2. The van der Waals surface area contributed by atoms with Crippen LogP contribution in [0.15, 0.2) is 0 Å². The van der Waals surface area contributed by atoms with Crippen LogP contribution in [-0.4, -0.2) is 20.0 Å². The number of fused-ring (bicyclic) bond motifs is 5. The Morgan fingerprint density at radius 1 is 0.774 bits per heavy atom. The minimum absolute atomic E-state index is 0.315. The van der Waals surface area contributed by atoms with Crippen LogP contribution >= 0.6 is 0 Å². The predicted molar refractivity (Wildman–Crippen MR) is 130 cm³/mol. The van der Waals surface area contributed by atoms with Crippen molar-refractivity contribution in [2.24, 2.45) is 52.3 Å². The Kier molecular flexibility index (Phi) is 6.93. The molecule has 2 nitrogen and oxygen atoms in total. The van der Waals surface area contributed by atoms with Crippen molar-refractivity contribution in [2.45, 2.75) is 117 Å². The molecule has 4 rings (SSSR count). The number of hydrogen-bond acceptors (Lipinski definition) is 2. The van der Waals surface area contributed by atoms with Gasteiger partial charge >= 0.3 is 0 Å². The van der Waals surface area contributed by atoms with E-state index >= 15 is 0 Å². The highest BCUT2D eigenvalue weighted by Gasteiger charge is 2.61. The zero-order chi connectivity index (χ0) is 22.4. The molecule has 0 unspecified atom stereocenters. The minimum atomic E-state index is -0.315. The highest BCUT2D eigenvalue weighted by molar-refractivity contribution is 5.10. The third kappa shape index (κ3) is 4.05. The van der Waals surface area contributed by atoms with E-state index < -0.39 is 0 Å². The molecule has 8 atom stereocenters. The molecule has 0 aromatic carbocycles. The first kappa shape index (κ1) is 24.1. The topological polar surface area (TPSA) is 18.5 Å². The molecular weight excluding hydrogens is 380 g/mol. The maximum atomic E-state index is 5.91. The van der Waals surface area contributed by atoms with Crippen molar-refractivity contribution in [3.05, 3.63) is 0 Å². The third-order valence-corrected chi connectivity index (χ3v) is 11.6. The highest BCUT2D eigenvalue weighted by Crippen LogP contribution is 2.69. The van der Waals surface area contributed by atoms with Crippen LogP contribution in [0.1, 0.15) is 112 Å². The van der Waals surface area contributed by atoms with Gasteiger partial charge in [0, 0.05) is 27.1 Å². The molecule has 0 spiro atoms. The Morgan fingerprint density at radius 3 is 2.16 bits per heavy atom. The van der Waals surface area contributed by atoms with E-state index in [9.17, 15) is 0 Å². The molecule has 4 saturated carbocycles. The fourth-order valence-corrected chi connectivity index (χ4v) is 9.68. The molecular formula is C29H52O2. The van der Waals surface area contributed by atoms with E-state index in [2.05, 4.69) is 34.6 Å². The normalized spacial score (nSPS) is 45.1. The monoisotopic (exact) mass is 432 g/mol. The van der Waals surface area contributed by atoms with E-state index in [-0.39, 0.29) is 5.79 Å². The summed E-state index contributed by atoms with van der Waals surface area (Å²) in [6.07, 6.45) is 16.6. The molecule has 0 bridgehead atoms. The smallest absolute Gasteiger partial charge is 0.167 e. The Morgan fingerprint density at radius 2 is 1.48 bits per heavy atom. The van der Waals surface area contributed by atoms with Crippen LogP contribution in [0.25, 0.3) is 0 Å². The average molecular weight is 433 g/mol.